The summed E-state index contributed by atoms with van der Waals surface area (Å²) in [4.78, 5) is 11.7. The van der Waals surface area contributed by atoms with Gasteiger partial charge in [-0.3, -0.25) is 4.79 Å². The second-order valence-electron chi connectivity index (χ2n) is 12.2. The number of carbonyl (C=O) groups is 1. The molecule has 0 aromatic carbocycles. The summed E-state index contributed by atoms with van der Waals surface area (Å²) in [6.07, 6.45) is 9.87. The Morgan fingerprint density at radius 2 is 1.71 bits per heavy atom. The van der Waals surface area contributed by atoms with E-state index in [1.807, 2.05) is 0 Å². The van der Waals surface area contributed by atoms with Gasteiger partial charge >= 0.3 is 5.97 Å². The number of fused-ring (bicyclic) bond motifs is 5. The van der Waals surface area contributed by atoms with Crippen LogP contribution >= 0.6 is 0 Å². The average Bonchev–Trinajstić information content (AvgIpc) is 3.10. The predicted octanol–water partition coefficient (Wildman–Crippen LogP) is 5.20. The first-order chi connectivity index (χ1) is 14.7. The molecule has 4 unspecified atom stereocenters. The zero-order valence-corrected chi connectivity index (χ0v) is 20.5. The van der Waals surface area contributed by atoms with Gasteiger partial charge in [0.1, 0.15) is 0 Å². The Labute approximate surface area is 189 Å². The molecule has 0 spiro atoms. The summed E-state index contributed by atoms with van der Waals surface area (Å²) in [5, 5.41) is 22.2. The van der Waals surface area contributed by atoms with E-state index in [1.165, 1.54) is 32.8 Å². The second kappa shape index (κ2) is 8.63. The quantitative estimate of drug-likeness (QED) is 0.584. The van der Waals surface area contributed by atoms with Gasteiger partial charge in [-0.05, 0) is 104 Å². The summed E-state index contributed by atoms with van der Waals surface area (Å²) in [6.45, 7) is 9.58. The number of aliphatic hydroxyl groups is 2. The normalized spacial score (nSPS) is 50.2. The minimum absolute atomic E-state index is 0.0952. The molecule has 4 aliphatic rings. The van der Waals surface area contributed by atoms with Gasteiger partial charge in [0.15, 0.2) is 0 Å². The second-order valence-corrected chi connectivity index (χ2v) is 12.2. The zero-order valence-electron chi connectivity index (χ0n) is 20.5. The van der Waals surface area contributed by atoms with E-state index in [0.717, 1.165) is 32.1 Å². The maximum absolute atomic E-state index is 11.8. The number of aliphatic hydroxyl groups excluding tert-OH is 2. The summed E-state index contributed by atoms with van der Waals surface area (Å²) < 4.78 is 4.88. The molecule has 4 fully saturated rings. The number of ether oxygens (including phenoxy) is 1. The van der Waals surface area contributed by atoms with Crippen LogP contribution in [0.15, 0.2) is 0 Å². The SMILES string of the molecule is CC[C@H]1[C@@H](O)C2C(CC[C@@]3(C)C2CC[C@@H]3[C@H](C)CCC(=O)OC)C2(C)CC[C@@H](O)C[C@@H]12. The van der Waals surface area contributed by atoms with Gasteiger partial charge in [0.05, 0.1) is 19.3 Å². The van der Waals surface area contributed by atoms with E-state index in [2.05, 4.69) is 27.7 Å². The van der Waals surface area contributed by atoms with Crippen LogP contribution in [0, 0.1) is 52.3 Å². The number of rotatable bonds is 5. The molecule has 0 amide bonds. The van der Waals surface area contributed by atoms with E-state index in [0.29, 0.717) is 47.8 Å². The molecular weight excluding hydrogens is 388 g/mol. The Balaban J connectivity index is 1.58. The third-order valence-electron chi connectivity index (χ3n) is 11.2. The Hall–Kier alpha value is -0.610. The lowest BCUT2D eigenvalue weighted by molar-refractivity contribution is -0.203. The van der Waals surface area contributed by atoms with Crippen molar-refractivity contribution in [2.75, 3.05) is 7.11 Å². The van der Waals surface area contributed by atoms with Crippen LogP contribution in [0.25, 0.3) is 0 Å². The number of hydrogen-bond donors (Lipinski definition) is 2. The van der Waals surface area contributed by atoms with Crippen molar-refractivity contribution in [2.45, 2.75) is 104 Å². The number of carbonyl (C=O) groups excluding carboxylic acids is 1. The summed E-state index contributed by atoms with van der Waals surface area (Å²) in [7, 11) is 1.48. The lowest BCUT2D eigenvalue weighted by Crippen LogP contribution is -2.62. The van der Waals surface area contributed by atoms with Gasteiger partial charge in [0, 0.05) is 6.42 Å². The van der Waals surface area contributed by atoms with Crippen LogP contribution < -0.4 is 0 Å². The molecule has 178 valence electrons. The van der Waals surface area contributed by atoms with Crippen LogP contribution in [0.1, 0.15) is 91.9 Å². The summed E-state index contributed by atoms with van der Waals surface area (Å²) >= 11 is 0. The van der Waals surface area contributed by atoms with Gasteiger partial charge in [0.2, 0.25) is 0 Å². The fourth-order valence-corrected chi connectivity index (χ4v) is 9.58. The fourth-order valence-electron chi connectivity index (χ4n) is 9.58. The van der Waals surface area contributed by atoms with Crippen molar-refractivity contribution in [2.24, 2.45) is 52.3 Å². The maximum Gasteiger partial charge on any atom is 0.305 e. The van der Waals surface area contributed by atoms with Crippen LogP contribution in [0.5, 0.6) is 0 Å². The molecule has 0 bridgehead atoms. The fraction of sp³-hybridized carbons (Fsp3) is 0.963. The van der Waals surface area contributed by atoms with Gasteiger partial charge in [-0.1, -0.05) is 34.1 Å². The molecule has 4 rings (SSSR count). The molecule has 4 nitrogen and oxygen atoms in total. The first-order valence-corrected chi connectivity index (χ1v) is 13.1. The van der Waals surface area contributed by atoms with Crippen LogP contribution in [0.3, 0.4) is 0 Å². The zero-order chi connectivity index (χ0) is 22.6. The van der Waals surface area contributed by atoms with Gasteiger partial charge in [0.25, 0.3) is 0 Å². The Bertz CT molecular complexity index is 664. The highest BCUT2D eigenvalue weighted by molar-refractivity contribution is 5.69. The molecule has 4 saturated carbocycles. The van der Waals surface area contributed by atoms with Crippen LogP contribution in [0.2, 0.25) is 0 Å². The van der Waals surface area contributed by atoms with E-state index in [1.54, 1.807) is 0 Å². The molecule has 2 N–H and O–H groups in total. The maximum atomic E-state index is 11.8. The third-order valence-corrected chi connectivity index (χ3v) is 11.2. The van der Waals surface area contributed by atoms with Gasteiger partial charge in [-0.2, -0.15) is 0 Å². The number of hydrogen-bond acceptors (Lipinski definition) is 4. The van der Waals surface area contributed by atoms with Crippen LogP contribution in [0.4, 0.5) is 0 Å². The van der Waals surface area contributed by atoms with Crippen molar-refractivity contribution >= 4 is 5.97 Å². The van der Waals surface area contributed by atoms with Gasteiger partial charge in [-0.15, -0.1) is 0 Å². The monoisotopic (exact) mass is 434 g/mol. The Morgan fingerprint density at radius 3 is 2.39 bits per heavy atom. The van der Waals surface area contributed by atoms with Gasteiger partial charge < -0.3 is 14.9 Å². The third kappa shape index (κ3) is 3.68. The van der Waals surface area contributed by atoms with E-state index in [9.17, 15) is 15.0 Å². The first kappa shape index (κ1) is 23.5. The minimum Gasteiger partial charge on any atom is -0.469 e. The van der Waals surface area contributed by atoms with E-state index >= 15 is 0 Å². The van der Waals surface area contributed by atoms with Crippen molar-refractivity contribution in [3.8, 4) is 0 Å². The Morgan fingerprint density at radius 1 is 1.03 bits per heavy atom. The predicted molar refractivity (Wildman–Crippen MR) is 122 cm³/mol. The molecule has 31 heavy (non-hydrogen) atoms. The molecule has 11 atom stereocenters. The summed E-state index contributed by atoms with van der Waals surface area (Å²) in [5.74, 6) is 3.41. The van der Waals surface area contributed by atoms with E-state index in [-0.39, 0.29) is 29.0 Å². The largest absolute Gasteiger partial charge is 0.469 e. The molecule has 0 saturated heterocycles. The molecule has 4 heteroatoms. The van der Waals surface area contributed by atoms with Crippen molar-refractivity contribution in [3.05, 3.63) is 0 Å². The minimum atomic E-state index is -0.230. The van der Waals surface area contributed by atoms with Crippen LogP contribution in [-0.4, -0.2) is 35.5 Å². The highest BCUT2D eigenvalue weighted by Crippen LogP contribution is 2.69. The molecular formula is C27H46O4. The van der Waals surface area contributed by atoms with Crippen LogP contribution in [-0.2, 0) is 9.53 Å². The van der Waals surface area contributed by atoms with Gasteiger partial charge in [-0.25, -0.2) is 0 Å². The van der Waals surface area contributed by atoms with Crippen molar-refractivity contribution in [1.82, 2.24) is 0 Å². The topological polar surface area (TPSA) is 66.8 Å². The highest BCUT2D eigenvalue weighted by Gasteiger charge is 2.64. The molecule has 0 heterocycles. The standard InChI is InChI=1S/C27H46O4/c1-6-18-22-15-17(28)11-13-27(22,4)21-12-14-26(3)19(16(2)7-10-23(29)31-5)8-9-20(26)24(21)25(18)30/h16-22,24-25,28,30H,6-15H2,1-5H3/t16-,17-,18-,19-,20?,21?,22+,24?,25-,26-,27?/m1/s1. The molecule has 0 aromatic rings. The molecule has 4 aliphatic carbocycles. The summed E-state index contributed by atoms with van der Waals surface area (Å²) in [5.41, 5.74) is 0.535. The Kier molecular flexibility index (Phi) is 6.55. The average molecular weight is 435 g/mol. The van der Waals surface area contributed by atoms with Crippen molar-refractivity contribution in [1.29, 1.82) is 0 Å². The lowest BCUT2D eigenvalue weighted by atomic mass is 9.41. The smallest absolute Gasteiger partial charge is 0.305 e. The molecule has 0 aliphatic heterocycles. The first-order valence-electron chi connectivity index (χ1n) is 13.1. The van der Waals surface area contributed by atoms with E-state index in [4.69, 9.17) is 4.74 Å². The van der Waals surface area contributed by atoms with Crippen molar-refractivity contribution < 1.29 is 19.7 Å². The summed E-state index contributed by atoms with van der Waals surface area (Å²) in [6, 6.07) is 0. The number of esters is 1. The molecule has 0 aromatic heterocycles. The number of methoxy groups -OCH3 is 1. The van der Waals surface area contributed by atoms with Crippen molar-refractivity contribution in [3.63, 3.8) is 0 Å². The van der Waals surface area contributed by atoms with E-state index < -0.39 is 0 Å². The lowest BCUT2D eigenvalue weighted by Gasteiger charge is -2.64. The molecule has 0 radical (unpaired) electrons. The highest BCUT2D eigenvalue weighted by atomic mass is 16.5.